The highest BCUT2D eigenvalue weighted by Gasteiger charge is 2.27. The number of carbonyl (C=O) groups is 3. The van der Waals surface area contributed by atoms with E-state index < -0.39 is 35.9 Å². The summed E-state index contributed by atoms with van der Waals surface area (Å²) in [5, 5.41) is 2.50. The van der Waals surface area contributed by atoms with Gasteiger partial charge in [0.15, 0.2) is 5.78 Å². The number of esters is 1. The number of Topliss-reactive ketones (excluding diaryl/α,β-unsaturated/α-hetero) is 1. The Labute approximate surface area is 129 Å². The molecule has 0 aliphatic heterocycles. The van der Waals surface area contributed by atoms with E-state index in [4.69, 9.17) is 4.74 Å². The maximum atomic E-state index is 12.2. The molecule has 1 N–H and O–H groups in total. The quantitative estimate of drug-likeness (QED) is 0.667. The van der Waals surface area contributed by atoms with Gasteiger partial charge < -0.3 is 14.8 Å². The number of alkyl carbamates (subject to hydrolysis) is 1. The van der Waals surface area contributed by atoms with Gasteiger partial charge in [0, 0.05) is 0 Å². The first kappa shape index (κ1) is 17.7. The highest BCUT2D eigenvalue weighted by Crippen LogP contribution is 2.17. The first-order valence-corrected chi connectivity index (χ1v) is 6.87. The van der Waals surface area contributed by atoms with E-state index in [0.717, 1.165) is 0 Å². The van der Waals surface area contributed by atoms with E-state index in [2.05, 4.69) is 10.1 Å². The Hall–Kier alpha value is -2.37. The average Bonchev–Trinajstić information content (AvgIpc) is 2.43. The molecule has 0 unspecified atom stereocenters. The van der Waals surface area contributed by atoms with Gasteiger partial charge in [-0.05, 0) is 26.3 Å². The summed E-state index contributed by atoms with van der Waals surface area (Å²) in [6, 6.07) is 7.69. The van der Waals surface area contributed by atoms with Gasteiger partial charge in [0.05, 0.1) is 7.11 Å². The minimum Gasteiger partial charge on any atom is -0.469 e. The van der Waals surface area contributed by atoms with E-state index >= 15 is 0 Å². The van der Waals surface area contributed by atoms with Crippen LogP contribution in [0.1, 0.15) is 38.8 Å². The number of carbonyl (C=O) groups excluding carboxylic acids is 3. The first-order valence-electron chi connectivity index (χ1n) is 6.87. The van der Waals surface area contributed by atoms with Crippen molar-refractivity contribution in [2.24, 2.45) is 0 Å². The van der Waals surface area contributed by atoms with E-state index in [-0.39, 0.29) is 0 Å². The molecule has 1 aromatic rings. The Kier molecular flexibility index (Phi) is 6.10. The number of ketones is 1. The van der Waals surface area contributed by atoms with Gasteiger partial charge in [0.1, 0.15) is 18.1 Å². The molecular weight excluding hydrogens is 286 g/mol. The van der Waals surface area contributed by atoms with E-state index in [9.17, 15) is 14.4 Å². The predicted molar refractivity (Wildman–Crippen MR) is 80.2 cm³/mol. The summed E-state index contributed by atoms with van der Waals surface area (Å²) in [6.45, 7) is 5.17. The van der Waals surface area contributed by atoms with Crippen molar-refractivity contribution in [1.29, 1.82) is 0 Å². The molecule has 1 amide bonds. The molecule has 22 heavy (non-hydrogen) atoms. The Bertz CT molecular complexity index is 533. The summed E-state index contributed by atoms with van der Waals surface area (Å²) in [4.78, 5) is 35.4. The van der Waals surface area contributed by atoms with Crippen molar-refractivity contribution in [1.82, 2.24) is 5.32 Å². The lowest BCUT2D eigenvalue weighted by atomic mass is 10.0. The molecular formula is C16H21NO5. The van der Waals surface area contributed by atoms with E-state index in [1.54, 1.807) is 51.1 Å². The third-order valence-corrected chi connectivity index (χ3v) is 2.66. The molecule has 0 radical (unpaired) electrons. The molecule has 0 saturated heterocycles. The average molecular weight is 307 g/mol. The SMILES string of the molecule is COC(=O)CC(=O)[C@H](NC(=O)OC(C)(C)C)c1ccccc1. The minimum atomic E-state index is -0.963. The lowest BCUT2D eigenvalue weighted by molar-refractivity contribution is -0.143. The van der Waals surface area contributed by atoms with Crippen LogP contribution in [0.4, 0.5) is 4.79 Å². The number of amides is 1. The number of rotatable bonds is 5. The van der Waals surface area contributed by atoms with Gasteiger partial charge in [-0.3, -0.25) is 9.59 Å². The van der Waals surface area contributed by atoms with Crippen LogP contribution in [0, 0.1) is 0 Å². The van der Waals surface area contributed by atoms with Crippen molar-refractivity contribution in [3.8, 4) is 0 Å². The zero-order chi connectivity index (χ0) is 16.8. The summed E-state index contributed by atoms with van der Waals surface area (Å²) in [7, 11) is 1.20. The fourth-order valence-electron chi connectivity index (χ4n) is 1.74. The zero-order valence-electron chi connectivity index (χ0n) is 13.2. The van der Waals surface area contributed by atoms with Gasteiger partial charge in [-0.2, -0.15) is 0 Å². The number of nitrogens with one attached hydrogen (secondary N) is 1. The number of methoxy groups -OCH3 is 1. The molecule has 0 fully saturated rings. The standard InChI is InChI=1S/C16H21NO5/c1-16(2,3)22-15(20)17-14(11-8-6-5-7-9-11)12(18)10-13(19)21-4/h5-9,14H,10H2,1-4H3,(H,17,20)/t14-/m1/s1. The van der Waals surface area contributed by atoms with Crippen LogP contribution in [0.3, 0.4) is 0 Å². The van der Waals surface area contributed by atoms with Crippen LogP contribution >= 0.6 is 0 Å². The second-order valence-corrected chi connectivity index (χ2v) is 5.71. The third kappa shape index (κ3) is 5.95. The van der Waals surface area contributed by atoms with Crippen molar-refractivity contribution in [2.75, 3.05) is 7.11 Å². The van der Waals surface area contributed by atoms with Gasteiger partial charge in [0.25, 0.3) is 0 Å². The maximum absolute atomic E-state index is 12.2. The molecule has 1 atom stereocenters. The highest BCUT2D eigenvalue weighted by molar-refractivity contribution is 6.00. The van der Waals surface area contributed by atoms with Crippen LogP contribution in [-0.2, 0) is 19.1 Å². The molecule has 0 bridgehead atoms. The maximum Gasteiger partial charge on any atom is 0.408 e. The Morgan fingerprint density at radius 2 is 1.73 bits per heavy atom. The molecule has 0 aliphatic carbocycles. The van der Waals surface area contributed by atoms with Gasteiger partial charge in [0.2, 0.25) is 0 Å². The number of ether oxygens (including phenoxy) is 2. The Morgan fingerprint density at radius 1 is 1.14 bits per heavy atom. The summed E-state index contributed by atoms with van der Waals surface area (Å²) < 4.78 is 9.64. The van der Waals surface area contributed by atoms with E-state index in [1.807, 2.05) is 0 Å². The lowest BCUT2D eigenvalue weighted by Crippen LogP contribution is -2.38. The van der Waals surface area contributed by atoms with Crippen LogP contribution in [0.5, 0.6) is 0 Å². The lowest BCUT2D eigenvalue weighted by Gasteiger charge is -2.23. The van der Waals surface area contributed by atoms with Crippen LogP contribution in [0.25, 0.3) is 0 Å². The summed E-state index contributed by atoms with van der Waals surface area (Å²) >= 11 is 0. The van der Waals surface area contributed by atoms with Crippen LogP contribution in [0.2, 0.25) is 0 Å². The normalized spacial score (nSPS) is 12.2. The molecule has 6 nitrogen and oxygen atoms in total. The molecule has 0 aliphatic rings. The summed E-state index contributed by atoms with van der Waals surface area (Å²) in [5.74, 6) is -1.12. The van der Waals surface area contributed by atoms with Crippen molar-refractivity contribution < 1.29 is 23.9 Å². The topological polar surface area (TPSA) is 81.7 Å². The first-order chi connectivity index (χ1) is 10.2. The molecule has 1 aromatic carbocycles. The molecule has 0 spiro atoms. The second-order valence-electron chi connectivity index (χ2n) is 5.71. The van der Waals surface area contributed by atoms with E-state index in [1.165, 1.54) is 7.11 Å². The van der Waals surface area contributed by atoms with E-state index in [0.29, 0.717) is 5.56 Å². The van der Waals surface area contributed by atoms with Crippen LogP contribution in [0.15, 0.2) is 30.3 Å². The Balaban J connectivity index is 2.90. The van der Waals surface area contributed by atoms with Crippen molar-refractivity contribution >= 4 is 17.8 Å². The number of hydrogen-bond acceptors (Lipinski definition) is 5. The molecule has 6 heteroatoms. The van der Waals surface area contributed by atoms with Gasteiger partial charge >= 0.3 is 12.1 Å². The van der Waals surface area contributed by atoms with Crippen molar-refractivity contribution in [3.63, 3.8) is 0 Å². The smallest absolute Gasteiger partial charge is 0.408 e. The van der Waals surface area contributed by atoms with Crippen LogP contribution < -0.4 is 5.32 Å². The van der Waals surface area contributed by atoms with Gasteiger partial charge in [-0.25, -0.2) is 4.79 Å². The second kappa shape index (κ2) is 7.59. The molecule has 120 valence electrons. The van der Waals surface area contributed by atoms with Gasteiger partial charge in [-0.1, -0.05) is 30.3 Å². The monoisotopic (exact) mass is 307 g/mol. The molecule has 0 aromatic heterocycles. The van der Waals surface area contributed by atoms with Crippen molar-refractivity contribution in [3.05, 3.63) is 35.9 Å². The third-order valence-electron chi connectivity index (χ3n) is 2.66. The molecule has 0 heterocycles. The predicted octanol–water partition coefficient (Wildman–Crippen LogP) is 2.38. The number of benzene rings is 1. The van der Waals surface area contributed by atoms with Crippen LogP contribution in [-0.4, -0.2) is 30.6 Å². The minimum absolute atomic E-state index is 0.425. The largest absolute Gasteiger partial charge is 0.469 e. The Morgan fingerprint density at radius 3 is 2.23 bits per heavy atom. The molecule has 1 rings (SSSR count). The zero-order valence-corrected chi connectivity index (χ0v) is 13.2. The van der Waals surface area contributed by atoms with Crippen molar-refractivity contribution in [2.45, 2.75) is 38.8 Å². The summed E-state index contributed by atoms with van der Waals surface area (Å²) in [6.07, 6.45) is -1.15. The summed E-state index contributed by atoms with van der Waals surface area (Å²) in [5.41, 5.74) is -0.112. The highest BCUT2D eigenvalue weighted by atomic mass is 16.6. The number of hydrogen-bond donors (Lipinski definition) is 1. The fraction of sp³-hybridized carbons (Fsp3) is 0.438. The fourth-order valence-corrected chi connectivity index (χ4v) is 1.74. The van der Waals surface area contributed by atoms with Gasteiger partial charge in [-0.15, -0.1) is 0 Å². The molecule has 0 saturated carbocycles.